The number of anilines is 1. The molecular formula is C15H20BN2O2. The zero-order valence-electron chi connectivity index (χ0n) is 12.1. The molecule has 0 amide bonds. The highest BCUT2D eigenvalue weighted by Gasteiger charge is 2.21. The second-order valence-corrected chi connectivity index (χ2v) is 4.72. The Balaban J connectivity index is 2.28. The third kappa shape index (κ3) is 3.04. The average Bonchev–Trinajstić information content (AvgIpc) is 2.53. The van der Waals surface area contributed by atoms with E-state index in [1.807, 2.05) is 25.7 Å². The van der Waals surface area contributed by atoms with Crippen LogP contribution in [-0.4, -0.2) is 40.4 Å². The molecule has 4 nitrogen and oxygen atoms in total. The van der Waals surface area contributed by atoms with Gasteiger partial charge in [-0.25, -0.2) is 0 Å². The second kappa shape index (κ2) is 6.61. The molecule has 0 saturated carbocycles. The van der Waals surface area contributed by atoms with Crippen LogP contribution in [0, 0.1) is 0 Å². The Kier molecular flexibility index (Phi) is 4.85. The highest BCUT2D eigenvalue weighted by molar-refractivity contribution is 6.28. The normalized spacial score (nSPS) is 18.3. The predicted octanol–water partition coefficient (Wildman–Crippen LogP) is 2.83. The van der Waals surface area contributed by atoms with E-state index in [1.165, 1.54) is 0 Å². The third-order valence-electron chi connectivity index (χ3n) is 3.53. The summed E-state index contributed by atoms with van der Waals surface area (Å²) in [7, 11) is 3.47. The quantitative estimate of drug-likeness (QED) is 0.469. The summed E-state index contributed by atoms with van der Waals surface area (Å²) in [4.78, 5) is 6.29. The fourth-order valence-electron chi connectivity index (χ4n) is 2.26. The van der Waals surface area contributed by atoms with E-state index in [0.29, 0.717) is 5.76 Å². The summed E-state index contributed by atoms with van der Waals surface area (Å²) in [5.41, 5.74) is 2.77. The van der Waals surface area contributed by atoms with Gasteiger partial charge in [0.25, 0.3) is 0 Å². The molecule has 1 fully saturated rings. The monoisotopic (exact) mass is 271 g/mol. The van der Waals surface area contributed by atoms with Gasteiger partial charge < -0.3 is 14.3 Å². The number of aliphatic imine (C=N–C) groups is 1. The molecular weight excluding hydrogens is 251 g/mol. The highest BCUT2D eigenvalue weighted by atomic mass is 16.5. The minimum atomic E-state index is 0.245. The molecule has 0 aromatic heterocycles. The van der Waals surface area contributed by atoms with E-state index in [2.05, 4.69) is 30.1 Å². The minimum Gasteiger partial charge on any atom is -0.497 e. The Morgan fingerprint density at radius 3 is 3.05 bits per heavy atom. The van der Waals surface area contributed by atoms with Gasteiger partial charge in [-0.05, 0) is 31.3 Å². The smallest absolute Gasteiger partial charge is 0.313 e. The summed E-state index contributed by atoms with van der Waals surface area (Å²) in [6.45, 7) is 10.5. The fourth-order valence-corrected chi connectivity index (χ4v) is 2.26. The summed E-state index contributed by atoms with van der Waals surface area (Å²) in [5, 5.41) is 0. The molecule has 105 valence electrons. The lowest BCUT2D eigenvalue weighted by Crippen LogP contribution is -2.43. The Hall–Kier alpha value is -1.75. The van der Waals surface area contributed by atoms with Crippen molar-refractivity contribution in [3.8, 4) is 0 Å². The molecule has 1 aliphatic rings. The van der Waals surface area contributed by atoms with E-state index in [0.717, 1.165) is 36.3 Å². The topological polar surface area (TPSA) is 34.1 Å². The van der Waals surface area contributed by atoms with Crippen LogP contribution in [0.25, 0.3) is 5.76 Å². The lowest BCUT2D eigenvalue weighted by molar-refractivity contribution is 0.199. The minimum absolute atomic E-state index is 0.245. The van der Waals surface area contributed by atoms with Gasteiger partial charge in [0.1, 0.15) is 5.76 Å². The molecule has 0 N–H and O–H groups in total. The number of nitrogens with zero attached hydrogens (tertiary/aromatic N) is 2. The molecule has 0 spiro atoms. The molecule has 20 heavy (non-hydrogen) atoms. The van der Waals surface area contributed by atoms with Gasteiger partial charge in [0, 0.05) is 24.2 Å². The molecule has 1 atom stereocenters. The Labute approximate surface area is 121 Å². The van der Waals surface area contributed by atoms with Crippen LogP contribution in [0.15, 0.2) is 29.8 Å². The van der Waals surface area contributed by atoms with Crippen LogP contribution < -0.4 is 4.90 Å². The summed E-state index contributed by atoms with van der Waals surface area (Å²) in [6.07, 6.45) is 2.02. The summed E-state index contributed by atoms with van der Waals surface area (Å²) in [5.74, 6) is 0.596. The Morgan fingerprint density at radius 1 is 1.60 bits per heavy atom. The van der Waals surface area contributed by atoms with Crippen molar-refractivity contribution in [2.75, 3.05) is 25.0 Å². The lowest BCUT2D eigenvalue weighted by atomic mass is 9.95. The van der Waals surface area contributed by atoms with Crippen LogP contribution in [0.2, 0.25) is 0 Å². The van der Waals surface area contributed by atoms with Gasteiger partial charge in [-0.1, -0.05) is 13.5 Å². The van der Waals surface area contributed by atoms with Gasteiger partial charge in [-0.2, -0.15) is 0 Å². The SMILES string of the molecule is C=Nc1ccc(N2C[B]OC(CC)C2)cc1C(=C)OC. The first kappa shape index (κ1) is 14.7. The third-order valence-corrected chi connectivity index (χ3v) is 3.53. The van der Waals surface area contributed by atoms with Crippen molar-refractivity contribution < 1.29 is 9.39 Å². The van der Waals surface area contributed by atoms with E-state index in [1.54, 1.807) is 7.11 Å². The van der Waals surface area contributed by atoms with Gasteiger partial charge in [0.05, 0.1) is 18.9 Å². The molecule has 1 aromatic rings. The van der Waals surface area contributed by atoms with E-state index < -0.39 is 0 Å². The highest BCUT2D eigenvalue weighted by Crippen LogP contribution is 2.31. The van der Waals surface area contributed by atoms with Crippen LogP contribution >= 0.6 is 0 Å². The van der Waals surface area contributed by atoms with E-state index in [-0.39, 0.29) is 6.10 Å². The molecule has 5 heteroatoms. The maximum absolute atomic E-state index is 5.59. The van der Waals surface area contributed by atoms with Crippen molar-refractivity contribution in [1.29, 1.82) is 0 Å². The zero-order valence-corrected chi connectivity index (χ0v) is 12.1. The van der Waals surface area contributed by atoms with Crippen molar-refractivity contribution >= 4 is 31.3 Å². The predicted molar refractivity (Wildman–Crippen MR) is 84.8 cm³/mol. The number of ether oxygens (including phenoxy) is 1. The molecule has 1 radical (unpaired) electrons. The van der Waals surface area contributed by atoms with Crippen molar-refractivity contribution in [3.05, 3.63) is 30.3 Å². The van der Waals surface area contributed by atoms with Crippen molar-refractivity contribution in [3.63, 3.8) is 0 Å². The van der Waals surface area contributed by atoms with Crippen molar-refractivity contribution in [2.24, 2.45) is 4.99 Å². The molecule has 1 unspecified atom stereocenters. The van der Waals surface area contributed by atoms with Gasteiger partial charge in [0.2, 0.25) is 0 Å². The summed E-state index contributed by atoms with van der Waals surface area (Å²) in [6, 6.07) is 6.03. The van der Waals surface area contributed by atoms with Gasteiger partial charge in [-0.3, -0.25) is 4.99 Å². The van der Waals surface area contributed by atoms with Crippen LogP contribution in [0.5, 0.6) is 0 Å². The molecule has 1 aliphatic heterocycles. The average molecular weight is 271 g/mol. The van der Waals surface area contributed by atoms with E-state index in [9.17, 15) is 0 Å². The van der Waals surface area contributed by atoms with Gasteiger partial charge in [-0.15, -0.1) is 0 Å². The molecule has 0 aliphatic carbocycles. The summed E-state index contributed by atoms with van der Waals surface area (Å²) >= 11 is 0. The lowest BCUT2D eigenvalue weighted by Gasteiger charge is -2.34. The first-order valence-electron chi connectivity index (χ1n) is 6.75. The largest absolute Gasteiger partial charge is 0.497 e. The Bertz CT molecular complexity index is 505. The van der Waals surface area contributed by atoms with Crippen LogP contribution in [-0.2, 0) is 9.39 Å². The summed E-state index contributed by atoms with van der Waals surface area (Å²) < 4.78 is 10.8. The second-order valence-electron chi connectivity index (χ2n) is 4.72. The van der Waals surface area contributed by atoms with Crippen molar-refractivity contribution in [1.82, 2.24) is 0 Å². The molecule has 2 rings (SSSR count). The van der Waals surface area contributed by atoms with Gasteiger partial charge in [0.15, 0.2) is 0 Å². The molecule has 1 heterocycles. The van der Waals surface area contributed by atoms with Crippen LogP contribution in [0.4, 0.5) is 11.4 Å². The standard InChI is InChI=1S/C15H20BN2O2/c1-5-13-9-18(10-16-20-13)12-6-7-15(17-3)14(8-12)11(2)19-4/h6-8,13H,2-3,5,9-10H2,1,4H3. The van der Waals surface area contributed by atoms with Gasteiger partial charge >= 0.3 is 7.48 Å². The molecule has 1 aromatic carbocycles. The zero-order chi connectivity index (χ0) is 14.5. The molecule has 0 bridgehead atoms. The number of hydrogen-bond donors (Lipinski definition) is 0. The van der Waals surface area contributed by atoms with Crippen LogP contribution in [0.3, 0.4) is 0 Å². The fraction of sp³-hybridized carbons (Fsp3) is 0.400. The van der Waals surface area contributed by atoms with Crippen molar-refractivity contribution in [2.45, 2.75) is 19.4 Å². The van der Waals surface area contributed by atoms with E-state index in [4.69, 9.17) is 9.39 Å². The number of rotatable bonds is 5. The number of methoxy groups -OCH3 is 1. The maximum Gasteiger partial charge on any atom is 0.313 e. The Morgan fingerprint density at radius 2 is 2.40 bits per heavy atom. The molecule has 1 saturated heterocycles. The maximum atomic E-state index is 5.59. The number of benzene rings is 1. The first-order chi connectivity index (χ1) is 9.69. The first-order valence-corrected chi connectivity index (χ1v) is 6.75. The van der Waals surface area contributed by atoms with Crippen LogP contribution in [0.1, 0.15) is 18.9 Å². The number of hydrogen-bond acceptors (Lipinski definition) is 4. The van der Waals surface area contributed by atoms with E-state index >= 15 is 0 Å².